The Morgan fingerprint density at radius 1 is 1.39 bits per heavy atom. The molecule has 1 N–H and O–H groups in total. The first-order chi connectivity index (χ1) is 10.9. The first-order valence-electron chi connectivity index (χ1n) is 7.37. The van der Waals surface area contributed by atoms with Gasteiger partial charge in [-0.2, -0.15) is 0 Å². The van der Waals surface area contributed by atoms with Crippen LogP contribution in [0.2, 0.25) is 0 Å². The SMILES string of the molecule is CCOC(=O)c1cc([N+](=O)[O-])ccc1N1CCC(C(=O)O)CC1. The molecular formula is C15H18N2O6. The van der Waals surface area contributed by atoms with Gasteiger partial charge in [0.25, 0.3) is 5.69 Å². The lowest BCUT2D eigenvalue weighted by atomic mass is 9.96. The highest BCUT2D eigenvalue weighted by molar-refractivity contribution is 5.96. The third kappa shape index (κ3) is 3.77. The number of ether oxygens (including phenoxy) is 1. The maximum Gasteiger partial charge on any atom is 0.340 e. The fourth-order valence-corrected chi connectivity index (χ4v) is 2.65. The average Bonchev–Trinajstić information content (AvgIpc) is 2.54. The first kappa shape index (κ1) is 16.7. The largest absolute Gasteiger partial charge is 0.481 e. The van der Waals surface area contributed by atoms with Crippen molar-refractivity contribution in [1.82, 2.24) is 0 Å². The number of carbonyl (C=O) groups is 2. The van der Waals surface area contributed by atoms with Crippen molar-refractivity contribution in [1.29, 1.82) is 0 Å². The molecule has 1 heterocycles. The number of esters is 1. The molecule has 1 aliphatic heterocycles. The molecule has 0 saturated carbocycles. The zero-order valence-corrected chi connectivity index (χ0v) is 12.7. The first-order valence-corrected chi connectivity index (χ1v) is 7.37. The normalized spacial score (nSPS) is 15.3. The van der Waals surface area contributed by atoms with Crippen molar-refractivity contribution in [3.63, 3.8) is 0 Å². The molecule has 1 aromatic carbocycles. The van der Waals surface area contributed by atoms with E-state index in [2.05, 4.69) is 0 Å². The van der Waals surface area contributed by atoms with E-state index in [1.54, 1.807) is 6.92 Å². The Balaban J connectivity index is 2.29. The molecule has 124 valence electrons. The number of nitro groups is 1. The summed E-state index contributed by atoms with van der Waals surface area (Å²) >= 11 is 0. The molecule has 23 heavy (non-hydrogen) atoms. The standard InChI is InChI=1S/C15H18N2O6/c1-2-23-15(20)12-9-11(17(21)22)3-4-13(12)16-7-5-10(6-8-16)14(18)19/h3-4,9-10H,2,5-8H2,1H3,(H,18,19). The fourth-order valence-electron chi connectivity index (χ4n) is 2.65. The Morgan fingerprint density at radius 3 is 2.57 bits per heavy atom. The van der Waals surface area contributed by atoms with Gasteiger partial charge in [0.15, 0.2) is 0 Å². The number of benzene rings is 1. The average molecular weight is 322 g/mol. The highest BCUT2D eigenvalue weighted by atomic mass is 16.6. The molecule has 0 aliphatic carbocycles. The van der Waals surface area contributed by atoms with Crippen molar-refractivity contribution in [2.24, 2.45) is 5.92 Å². The van der Waals surface area contributed by atoms with E-state index in [4.69, 9.17) is 9.84 Å². The number of carboxylic acids is 1. The molecule has 0 aromatic heterocycles. The van der Waals surface area contributed by atoms with Gasteiger partial charge >= 0.3 is 11.9 Å². The Hall–Kier alpha value is -2.64. The molecule has 8 nitrogen and oxygen atoms in total. The van der Waals surface area contributed by atoms with Crippen LogP contribution in [-0.4, -0.2) is 41.7 Å². The van der Waals surface area contributed by atoms with E-state index in [1.807, 2.05) is 4.90 Å². The van der Waals surface area contributed by atoms with Crippen LogP contribution >= 0.6 is 0 Å². The minimum absolute atomic E-state index is 0.134. The molecule has 0 radical (unpaired) electrons. The minimum Gasteiger partial charge on any atom is -0.481 e. The van der Waals surface area contributed by atoms with E-state index in [0.29, 0.717) is 31.6 Å². The maximum absolute atomic E-state index is 12.1. The number of hydrogen-bond donors (Lipinski definition) is 1. The van der Waals surface area contributed by atoms with E-state index in [-0.39, 0.29) is 17.9 Å². The number of nitro benzene ring substituents is 1. The van der Waals surface area contributed by atoms with Gasteiger partial charge in [-0.05, 0) is 25.8 Å². The van der Waals surface area contributed by atoms with Gasteiger partial charge in [0, 0.05) is 25.2 Å². The van der Waals surface area contributed by atoms with Gasteiger partial charge in [-0.15, -0.1) is 0 Å². The summed E-state index contributed by atoms with van der Waals surface area (Å²) in [5.74, 6) is -1.83. The van der Waals surface area contributed by atoms with Gasteiger partial charge < -0.3 is 14.7 Å². The summed E-state index contributed by atoms with van der Waals surface area (Å²) in [5.41, 5.74) is 0.491. The van der Waals surface area contributed by atoms with Crippen LogP contribution in [0, 0.1) is 16.0 Å². The predicted octanol–water partition coefficient (Wildman–Crippen LogP) is 2.07. The highest BCUT2D eigenvalue weighted by Gasteiger charge is 2.28. The van der Waals surface area contributed by atoms with Gasteiger partial charge in [-0.1, -0.05) is 0 Å². The van der Waals surface area contributed by atoms with Crippen molar-refractivity contribution >= 4 is 23.3 Å². The maximum atomic E-state index is 12.1. The van der Waals surface area contributed by atoms with Gasteiger partial charge in [0.1, 0.15) is 0 Å². The number of hydrogen-bond acceptors (Lipinski definition) is 6. The minimum atomic E-state index is -0.820. The second kappa shape index (κ2) is 7.08. The van der Waals surface area contributed by atoms with Crippen molar-refractivity contribution < 1.29 is 24.4 Å². The van der Waals surface area contributed by atoms with Crippen LogP contribution < -0.4 is 4.90 Å². The second-order valence-electron chi connectivity index (χ2n) is 5.28. The summed E-state index contributed by atoms with van der Waals surface area (Å²) in [6.45, 7) is 2.78. The van der Waals surface area contributed by atoms with Crippen LogP contribution in [0.1, 0.15) is 30.1 Å². The van der Waals surface area contributed by atoms with Crippen molar-refractivity contribution in [2.75, 3.05) is 24.6 Å². The molecule has 0 amide bonds. The Bertz CT molecular complexity index is 622. The van der Waals surface area contributed by atoms with Crippen molar-refractivity contribution in [2.45, 2.75) is 19.8 Å². The van der Waals surface area contributed by atoms with Crippen molar-refractivity contribution in [3.05, 3.63) is 33.9 Å². The third-order valence-corrected chi connectivity index (χ3v) is 3.87. The number of aliphatic carboxylic acids is 1. The molecule has 1 fully saturated rings. The topological polar surface area (TPSA) is 110 Å². The molecule has 1 saturated heterocycles. The van der Waals surface area contributed by atoms with E-state index >= 15 is 0 Å². The third-order valence-electron chi connectivity index (χ3n) is 3.87. The molecular weight excluding hydrogens is 304 g/mol. The molecule has 0 unspecified atom stereocenters. The van der Waals surface area contributed by atoms with Gasteiger partial charge in [-0.3, -0.25) is 14.9 Å². The summed E-state index contributed by atoms with van der Waals surface area (Å²) in [6, 6.07) is 4.06. The number of nitrogens with zero attached hydrogens (tertiary/aromatic N) is 2. The van der Waals surface area contributed by atoms with Gasteiger partial charge in [0.2, 0.25) is 0 Å². The van der Waals surface area contributed by atoms with Crippen LogP contribution in [0.15, 0.2) is 18.2 Å². The summed E-state index contributed by atoms with van der Waals surface area (Å²) in [4.78, 5) is 35.3. The second-order valence-corrected chi connectivity index (χ2v) is 5.28. The summed E-state index contributed by atoms with van der Waals surface area (Å²) in [7, 11) is 0. The quantitative estimate of drug-likeness (QED) is 0.502. The van der Waals surface area contributed by atoms with E-state index < -0.39 is 22.8 Å². The molecule has 0 atom stereocenters. The number of carboxylic acid groups (broad SMARTS) is 1. The zero-order valence-electron chi connectivity index (χ0n) is 12.7. The highest BCUT2D eigenvalue weighted by Crippen LogP contribution is 2.30. The van der Waals surface area contributed by atoms with E-state index in [1.165, 1.54) is 18.2 Å². The Labute approximate surface area is 132 Å². The lowest BCUT2D eigenvalue weighted by Crippen LogP contribution is -2.37. The molecule has 8 heteroatoms. The fraction of sp³-hybridized carbons (Fsp3) is 0.467. The molecule has 1 aliphatic rings. The monoisotopic (exact) mass is 322 g/mol. The summed E-state index contributed by atoms with van der Waals surface area (Å²) < 4.78 is 4.97. The van der Waals surface area contributed by atoms with E-state index in [9.17, 15) is 19.7 Å². The number of non-ortho nitro benzene ring substituents is 1. The zero-order chi connectivity index (χ0) is 17.0. The predicted molar refractivity (Wildman–Crippen MR) is 81.6 cm³/mol. The van der Waals surface area contributed by atoms with Crippen LogP contribution in [0.3, 0.4) is 0 Å². The summed E-state index contributed by atoms with van der Waals surface area (Å²) in [5, 5.41) is 20.0. The smallest absolute Gasteiger partial charge is 0.340 e. The lowest BCUT2D eigenvalue weighted by Gasteiger charge is -2.32. The molecule has 0 spiro atoms. The Kier molecular flexibility index (Phi) is 5.15. The van der Waals surface area contributed by atoms with Crippen LogP contribution in [-0.2, 0) is 9.53 Å². The number of anilines is 1. The van der Waals surface area contributed by atoms with Crippen LogP contribution in [0.25, 0.3) is 0 Å². The van der Waals surface area contributed by atoms with Gasteiger partial charge in [0.05, 0.1) is 28.7 Å². The molecule has 0 bridgehead atoms. The molecule has 1 aromatic rings. The van der Waals surface area contributed by atoms with Crippen molar-refractivity contribution in [3.8, 4) is 0 Å². The lowest BCUT2D eigenvalue weighted by molar-refractivity contribution is -0.384. The van der Waals surface area contributed by atoms with E-state index in [0.717, 1.165) is 0 Å². The van der Waals surface area contributed by atoms with Gasteiger partial charge in [-0.25, -0.2) is 4.79 Å². The number of carbonyl (C=O) groups excluding carboxylic acids is 1. The molecule has 2 rings (SSSR count). The number of piperidine rings is 1. The Morgan fingerprint density at radius 2 is 2.04 bits per heavy atom. The summed E-state index contributed by atoms with van der Waals surface area (Å²) in [6.07, 6.45) is 0.934. The van der Waals surface area contributed by atoms with Crippen LogP contribution in [0.4, 0.5) is 11.4 Å². The van der Waals surface area contributed by atoms with Crippen LogP contribution in [0.5, 0.6) is 0 Å². The number of rotatable bonds is 5.